The summed E-state index contributed by atoms with van der Waals surface area (Å²) in [6.45, 7) is 1.73. The van der Waals surface area contributed by atoms with Gasteiger partial charge in [-0.2, -0.15) is 5.11 Å². The van der Waals surface area contributed by atoms with Crippen molar-refractivity contribution in [2.24, 2.45) is 17.3 Å². The Morgan fingerprint density at radius 3 is 2.71 bits per heavy atom. The molecular weight excluding hydrogens is 242 g/mol. The molecule has 1 aromatic heterocycles. The minimum Gasteiger partial charge on any atom is -0.334 e. The van der Waals surface area contributed by atoms with E-state index in [4.69, 9.17) is 16.1 Å². The largest absolute Gasteiger partial charge is 0.385 e. The summed E-state index contributed by atoms with van der Waals surface area (Å²) in [4.78, 5) is 11.4. The van der Waals surface area contributed by atoms with Crippen LogP contribution in [0.25, 0.3) is 0 Å². The highest BCUT2D eigenvalue weighted by molar-refractivity contribution is 6.30. The lowest BCUT2D eigenvalue weighted by Crippen LogP contribution is -1.90. The van der Waals surface area contributed by atoms with E-state index in [0.717, 1.165) is 0 Å². The van der Waals surface area contributed by atoms with E-state index in [-0.39, 0.29) is 5.69 Å². The Labute approximate surface area is 102 Å². The van der Waals surface area contributed by atoms with Crippen LogP contribution in [0.4, 0.5) is 11.4 Å². The molecule has 0 fully saturated rings. The predicted molar refractivity (Wildman–Crippen MR) is 64.3 cm³/mol. The smallest absolute Gasteiger partial charge is 0.334 e. The lowest BCUT2D eigenvalue weighted by atomic mass is 10.3. The van der Waals surface area contributed by atoms with Crippen LogP contribution in [0.3, 0.4) is 0 Å². The fourth-order valence-electron chi connectivity index (χ4n) is 1.29. The second kappa shape index (κ2) is 4.55. The van der Waals surface area contributed by atoms with Gasteiger partial charge in [0.2, 0.25) is 0 Å². The number of halogens is 1. The minimum atomic E-state index is -0.504. The maximum absolute atomic E-state index is 11.4. The van der Waals surface area contributed by atoms with Crippen molar-refractivity contribution in [2.45, 2.75) is 6.92 Å². The molecule has 6 heteroatoms. The molecule has 17 heavy (non-hydrogen) atoms. The standard InChI is InChI=1S/C11H10ClN3O2/c1-7-10(11(16)17-15(7)2)14-13-9-5-3-4-8(12)6-9/h3-6H,1-2H3. The molecule has 1 heterocycles. The predicted octanol–water partition coefficient (Wildman–Crippen LogP) is 3.36. The van der Waals surface area contributed by atoms with Gasteiger partial charge in [0.1, 0.15) is 0 Å². The second-order valence-corrected chi connectivity index (χ2v) is 3.93. The highest BCUT2D eigenvalue weighted by Gasteiger charge is 2.10. The molecule has 0 saturated carbocycles. The third-order valence-corrected chi connectivity index (χ3v) is 2.54. The third kappa shape index (κ3) is 2.45. The van der Waals surface area contributed by atoms with Gasteiger partial charge in [-0.05, 0) is 25.1 Å². The third-order valence-electron chi connectivity index (χ3n) is 2.30. The average molecular weight is 252 g/mol. The van der Waals surface area contributed by atoms with Crippen molar-refractivity contribution in [1.82, 2.24) is 4.74 Å². The van der Waals surface area contributed by atoms with E-state index in [2.05, 4.69) is 10.2 Å². The molecule has 0 aliphatic heterocycles. The van der Waals surface area contributed by atoms with E-state index in [9.17, 15) is 4.79 Å². The quantitative estimate of drug-likeness (QED) is 0.769. The Hall–Kier alpha value is -1.88. The molecule has 0 bridgehead atoms. The first kappa shape index (κ1) is 11.6. The van der Waals surface area contributed by atoms with Crippen molar-refractivity contribution in [2.75, 3.05) is 0 Å². The summed E-state index contributed by atoms with van der Waals surface area (Å²) in [5, 5.41) is 8.38. The van der Waals surface area contributed by atoms with E-state index in [1.165, 1.54) is 4.74 Å². The van der Waals surface area contributed by atoms with Gasteiger partial charge in [-0.1, -0.05) is 17.7 Å². The van der Waals surface area contributed by atoms with E-state index in [1.54, 1.807) is 38.2 Å². The number of hydrogen-bond acceptors (Lipinski definition) is 4. The summed E-state index contributed by atoms with van der Waals surface area (Å²) >= 11 is 5.81. The van der Waals surface area contributed by atoms with Crippen LogP contribution in [0, 0.1) is 6.92 Å². The van der Waals surface area contributed by atoms with Gasteiger partial charge in [-0.15, -0.1) is 5.11 Å². The van der Waals surface area contributed by atoms with Crippen LogP contribution in [0.2, 0.25) is 5.02 Å². The molecule has 1 aromatic carbocycles. The van der Waals surface area contributed by atoms with Crippen LogP contribution in [-0.2, 0) is 7.05 Å². The normalized spacial score (nSPS) is 11.2. The van der Waals surface area contributed by atoms with Crippen molar-refractivity contribution in [1.29, 1.82) is 0 Å². The Balaban J connectivity index is 2.35. The molecule has 0 amide bonds. The Morgan fingerprint density at radius 2 is 2.12 bits per heavy atom. The summed E-state index contributed by atoms with van der Waals surface area (Å²) in [7, 11) is 1.63. The SMILES string of the molecule is Cc1c(N=Nc2cccc(Cl)c2)c(=O)on1C. The van der Waals surface area contributed by atoms with Crippen LogP contribution >= 0.6 is 11.6 Å². The molecule has 0 radical (unpaired) electrons. The summed E-state index contributed by atoms with van der Waals surface area (Å²) in [6, 6.07) is 6.90. The molecule has 0 unspecified atom stereocenters. The molecule has 0 aliphatic carbocycles. The zero-order chi connectivity index (χ0) is 12.4. The first-order valence-electron chi connectivity index (χ1n) is 4.92. The van der Waals surface area contributed by atoms with Gasteiger partial charge in [0.25, 0.3) is 0 Å². The van der Waals surface area contributed by atoms with Crippen LogP contribution in [-0.4, -0.2) is 4.74 Å². The number of aromatic nitrogens is 1. The lowest BCUT2D eigenvalue weighted by Gasteiger charge is -1.93. The van der Waals surface area contributed by atoms with Gasteiger partial charge in [0, 0.05) is 12.1 Å². The second-order valence-electron chi connectivity index (χ2n) is 3.49. The number of hydrogen-bond donors (Lipinski definition) is 0. The topological polar surface area (TPSA) is 59.9 Å². The first-order chi connectivity index (χ1) is 8.08. The van der Waals surface area contributed by atoms with Gasteiger partial charge in [0.15, 0.2) is 5.69 Å². The molecule has 0 spiro atoms. The van der Waals surface area contributed by atoms with Gasteiger partial charge >= 0.3 is 5.63 Å². The van der Waals surface area contributed by atoms with E-state index in [0.29, 0.717) is 16.4 Å². The Bertz CT molecular complexity index is 628. The number of benzene rings is 1. The number of azo groups is 1. The van der Waals surface area contributed by atoms with Crippen molar-refractivity contribution in [3.05, 3.63) is 45.4 Å². The lowest BCUT2D eigenvalue weighted by molar-refractivity contribution is 0.280. The van der Waals surface area contributed by atoms with Gasteiger partial charge in [-0.25, -0.2) is 9.53 Å². The molecule has 0 aliphatic rings. The molecule has 2 aromatic rings. The van der Waals surface area contributed by atoms with Gasteiger partial charge in [0.05, 0.1) is 11.4 Å². The number of rotatable bonds is 2. The molecule has 0 N–H and O–H groups in total. The van der Waals surface area contributed by atoms with Crippen molar-refractivity contribution in [3.63, 3.8) is 0 Å². The minimum absolute atomic E-state index is 0.201. The van der Waals surface area contributed by atoms with Crippen LogP contribution in [0.5, 0.6) is 0 Å². The van der Waals surface area contributed by atoms with E-state index in [1.807, 2.05) is 0 Å². The summed E-state index contributed by atoms with van der Waals surface area (Å²) in [5.74, 6) is 0. The maximum atomic E-state index is 11.4. The monoisotopic (exact) mass is 251 g/mol. The summed E-state index contributed by atoms with van der Waals surface area (Å²) in [6.07, 6.45) is 0. The fraction of sp³-hybridized carbons (Fsp3) is 0.182. The Kier molecular flexibility index (Phi) is 3.10. The zero-order valence-electron chi connectivity index (χ0n) is 9.35. The summed E-state index contributed by atoms with van der Waals surface area (Å²) < 4.78 is 6.19. The highest BCUT2D eigenvalue weighted by Crippen LogP contribution is 2.21. The van der Waals surface area contributed by atoms with Crippen LogP contribution in [0.15, 0.2) is 43.8 Å². The molecule has 0 atom stereocenters. The van der Waals surface area contributed by atoms with Crippen LogP contribution in [0.1, 0.15) is 5.69 Å². The van der Waals surface area contributed by atoms with Crippen molar-refractivity contribution in [3.8, 4) is 0 Å². The molecule has 88 valence electrons. The molecule has 5 nitrogen and oxygen atoms in total. The Morgan fingerprint density at radius 1 is 1.35 bits per heavy atom. The van der Waals surface area contributed by atoms with Gasteiger partial charge < -0.3 is 4.52 Å². The number of aryl methyl sites for hydroxylation is 1. The van der Waals surface area contributed by atoms with Gasteiger partial charge in [-0.3, -0.25) is 0 Å². The fourth-order valence-corrected chi connectivity index (χ4v) is 1.48. The molecular formula is C11H10ClN3O2. The average Bonchev–Trinajstić information content (AvgIpc) is 2.51. The zero-order valence-corrected chi connectivity index (χ0v) is 10.1. The van der Waals surface area contributed by atoms with E-state index >= 15 is 0 Å². The summed E-state index contributed by atoms with van der Waals surface area (Å²) in [5.41, 5.74) is 0.907. The van der Waals surface area contributed by atoms with Crippen molar-refractivity contribution >= 4 is 23.0 Å². The maximum Gasteiger partial charge on any atom is 0.385 e. The van der Waals surface area contributed by atoms with Crippen LogP contribution < -0.4 is 5.63 Å². The van der Waals surface area contributed by atoms with E-state index < -0.39 is 5.63 Å². The highest BCUT2D eigenvalue weighted by atomic mass is 35.5. The molecule has 2 rings (SSSR count). The first-order valence-corrected chi connectivity index (χ1v) is 5.30. The molecule has 0 saturated heterocycles. The van der Waals surface area contributed by atoms with Crippen molar-refractivity contribution < 1.29 is 4.52 Å². The number of nitrogens with zero attached hydrogens (tertiary/aromatic N) is 3.